The minimum absolute atomic E-state index is 0.0134. The van der Waals surface area contributed by atoms with E-state index in [1.165, 1.54) is 0 Å². The van der Waals surface area contributed by atoms with Gasteiger partial charge >= 0.3 is 11.9 Å². The first-order valence-electron chi connectivity index (χ1n) is 19.4. The SMILES string of the molecule is CCN1C[C@]2(COC(=O)c3ccccc3NC(=O)C[C@H](C)C(N)=O)CC[C@@H](OC)[C@]34[C@@H]5C[C@@H]6[C@H](OC(=O)C(C)C)[C@@H]5[C@](O)(C[C@@H]6OC)[C@@](O)([C@H](OC)[C@H]23)[C@@H]14. The van der Waals surface area contributed by atoms with Gasteiger partial charge in [0.2, 0.25) is 11.8 Å². The molecule has 54 heavy (non-hydrogen) atoms. The number of hydrogen-bond donors (Lipinski definition) is 4. The molecule has 5 aliphatic carbocycles. The van der Waals surface area contributed by atoms with E-state index < -0.39 is 81.9 Å². The smallest absolute Gasteiger partial charge is 0.340 e. The van der Waals surface area contributed by atoms with Crippen LogP contribution in [0.15, 0.2) is 24.3 Å². The van der Waals surface area contributed by atoms with Crippen molar-refractivity contribution in [1.82, 2.24) is 4.90 Å². The summed E-state index contributed by atoms with van der Waals surface area (Å²) in [5.41, 5.74) is 0.695. The van der Waals surface area contributed by atoms with E-state index in [1.807, 2.05) is 6.92 Å². The topological polar surface area (TPSA) is 196 Å². The second kappa shape index (κ2) is 13.8. The maximum atomic E-state index is 14.0. The van der Waals surface area contributed by atoms with Gasteiger partial charge in [-0.1, -0.05) is 39.8 Å². The van der Waals surface area contributed by atoms with Gasteiger partial charge in [0.1, 0.15) is 17.3 Å². The van der Waals surface area contributed by atoms with Crippen molar-refractivity contribution < 1.29 is 53.1 Å². The molecule has 1 aromatic carbocycles. The maximum absolute atomic E-state index is 14.0. The number of nitrogens with zero attached hydrogens (tertiary/aromatic N) is 1. The molecule has 298 valence electrons. The third-order valence-corrected chi connectivity index (χ3v) is 14.6. The lowest BCUT2D eigenvalue weighted by molar-refractivity contribution is -0.319. The number of carbonyl (C=O) groups is 4. The predicted octanol–water partition coefficient (Wildman–Crippen LogP) is 2.14. The summed E-state index contributed by atoms with van der Waals surface area (Å²) in [5, 5.41) is 29.7. The lowest BCUT2D eigenvalue weighted by atomic mass is 9.42. The summed E-state index contributed by atoms with van der Waals surface area (Å²) in [6, 6.07) is 5.99. The lowest BCUT2D eigenvalue weighted by Crippen LogP contribution is -2.82. The van der Waals surface area contributed by atoms with Crippen molar-refractivity contribution in [2.45, 2.75) is 101 Å². The normalized spacial score (nSPS) is 42.0. The number of hydrogen-bond acceptors (Lipinski definition) is 12. The van der Waals surface area contributed by atoms with Crippen LogP contribution in [-0.2, 0) is 38.1 Å². The van der Waals surface area contributed by atoms with Gasteiger partial charge in [-0.25, -0.2) is 4.79 Å². The number of nitrogens with two attached hydrogens (primary N) is 1. The van der Waals surface area contributed by atoms with Gasteiger partial charge in [-0.3, -0.25) is 19.3 Å². The van der Waals surface area contributed by atoms with Crippen LogP contribution in [-0.4, -0.2) is 122 Å². The van der Waals surface area contributed by atoms with Crippen molar-refractivity contribution in [3.63, 3.8) is 0 Å². The van der Waals surface area contributed by atoms with E-state index in [0.29, 0.717) is 32.4 Å². The maximum Gasteiger partial charge on any atom is 0.340 e. The number of fused-ring (bicyclic) bond motifs is 2. The summed E-state index contributed by atoms with van der Waals surface area (Å²) >= 11 is 0. The Morgan fingerprint density at radius 3 is 2.41 bits per heavy atom. The van der Waals surface area contributed by atoms with E-state index in [2.05, 4.69) is 10.2 Å². The first-order valence-corrected chi connectivity index (χ1v) is 19.4. The number of benzene rings is 1. The van der Waals surface area contributed by atoms with Crippen LogP contribution in [0.5, 0.6) is 0 Å². The molecule has 1 spiro atoms. The van der Waals surface area contributed by atoms with Gasteiger partial charge in [-0.2, -0.15) is 0 Å². The fraction of sp³-hybridized carbons (Fsp3) is 0.750. The molecule has 0 radical (unpaired) electrons. The van der Waals surface area contributed by atoms with Crippen molar-refractivity contribution in [2.75, 3.05) is 46.3 Å². The summed E-state index contributed by atoms with van der Waals surface area (Å²) < 4.78 is 31.5. The zero-order chi connectivity index (χ0) is 39.1. The summed E-state index contributed by atoms with van der Waals surface area (Å²) in [4.78, 5) is 53.9. The molecule has 0 unspecified atom stereocenters. The van der Waals surface area contributed by atoms with Crippen LogP contribution in [0.3, 0.4) is 0 Å². The number of amides is 2. The van der Waals surface area contributed by atoms with Gasteiger partial charge in [0.25, 0.3) is 0 Å². The first-order chi connectivity index (χ1) is 25.6. The second-order valence-corrected chi connectivity index (χ2v) is 17.2. The van der Waals surface area contributed by atoms with Crippen LogP contribution < -0.4 is 11.1 Å². The molecule has 5 N–H and O–H groups in total. The highest BCUT2D eigenvalue weighted by Gasteiger charge is 2.92. The highest BCUT2D eigenvalue weighted by molar-refractivity contribution is 6.02. The van der Waals surface area contributed by atoms with Gasteiger partial charge in [0, 0.05) is 75.2 Å². The quantitative estimate of drug-likeness (QED) is 0.215. The molecular weight excluding hydrogens is 698 g/mol. The lowest BCUT2D eigenvalue weighted by Gasteiger charge is -2.70. The number of likely N-dealkylation sites (N-methyl/N-ethyl adjacent to an activating group) is 1. The molecule has 0 aromatic heterocycles. The Balaban J connectivity index is 1.29. The Bertz CT molecular complexity index is 1670. The minimum Gasteiger partial charge on any atom is -0.461 e. The molecule has 14 heteroatoms. The highest BCUT2D eigenvalue weighted by Crippen LogP contribution is 2.80. The largest absolute Gasteiger partial charge is 0.461 e. The number of nitrogens with one attached hydrogen (secondary N) is 1. The average molecular weight is 756 g/mol. The Kier molecular flexibility index (Phi) is 10.00. The van der Waals surface area contributed by atoms with Gasteiger partial charge in [-0.15, -0.1) is 0 Å². The molecule has 5 saturated carbocycles. The monoisotopic (exact) mass is 755 g/mol. The second-order valence-electron chi connectivity index (χ2n) is 17.2. The van der Waals surface area contributed by atoms with E-state index in [0.717, 1.165) is 0 Å². The Hall–Kier alpha value is -3.14. The molecule has 6 fully saturated rings. The predicted molar refractivity (Wildman–Crippen MR) is 194 cm³/mol. The number of anilines is 1. The van der Waals surface area contributed by atoms with Crippen molar-refractivity contribution >= 4 is 29.4 Å². The fourth-order valence-electron chi connectivity index (χ4n) is 12.7. The first kappa shape index (κ1) is 39.1. The van der Waals surface area contributed by atoms with Crippen LogP contribution in [0.1, 0.15) is 70.2 Å². The van der Waals surface area contributed by atoms with E-state index in [4.69, 9.17) is 29.4 Å². The zero-order valence-corrected chi connectivity index (χ0v) is 32.4. The zero-order valence-electron chi connectivity index (χ0n) is 32.4. The van der Waals surface area contributed by atoms with Crippen molar-refractivity contribution in [3.05, 3.63) is 29.8 Å². The number of carbonyl (C=O) groups excluding carboxylic acids is 4. The number of likely N-dealkylation sites (tertiary alicyclic amines) is 1. The van der Waals surface area contributed by atoms with Crippen LogP contribution in [0, 0.1) is 46.3 Å². The number of methoxy groups -OCH3 is 3. The molecule has 1 aliphatic heterocycles. The molecule has 1 aromatic rings. The van der Waals surface area contributed by atoms with Gasteiger partial charge in [0.15, 0.2) is 0 Å². The third kappa shape index (κ3) is 5.19. The van der Waals surface area contributed by atoms with E-state index in [1.54, 1.807) is 66.4 Å². The van der Waals surface area contributed by atoms with Gasteiger partial charge < -0.3 is 44.9 Å². The Labute approximate surface area is 316 Å². The molecule has 2 amide bonds. The number of para-hydroxylation sites is 1. The average Bonchev–Trinajstić information content (AvgIpc) is 3.54. The molecule has 6 aliphatic rings. The van der Waals surface area contributed by atoms with Crippen molar-refractivity contribution in [3.8, 4) is 0 Å². The van der Waals surface area contributed by atoms with Crippen LogP contribution in [0.2, 0.25) is 0 Å². The summed E-state index contributed by atoms with van der Waals surface area (Å²) in [6.07, 6.45) is -0.566. The van der Waals surface area contributed by atoms with E-state index in [9.17, 15) is 29.4 Å². The number of esters is 2. The number of ether oxygens (including phenoxy) is 5. The van der Waals surface area contributed by atoms with E-state index in [-0.39, 0.29) is 60.5 Å². The minimum atomic E-state index is -1.83. The number of rotatable bonds is 13. The van der Waals surface area contributed by atoms with E-state index >= 15 is 0 Å². The van der Waals surface area contributed by atoms with Crippen molar-refractivity contribution in [1.29, 1.82) is 0 Å². The fourth-order valence-corrected chi connectivity index (χ4v) is 12.7. The highest BCUT2D eigenvalue weighted by atomic mass is 16.6. The van der Waals surface area contributed by atoms with Crippen molar-refractivity contribution in [2.24, 2.45) is 52.1 Å². The van der Waals surface area contributed by atoms with Crippen LogP contribution >= 0.6 is 0 Å². The van der Waals surface area contributed by atoms with Crippen LogP contribution in [0.25, 0.3) is 0 Å². The number of piperidine rings is 1. The molecule has 14 nitrogen and oxygen atoms in total. The summed E-state index contributed by atoms with van der Waals surface area (Å²) in [5.74, 6) is -4.60. The molecule has 1 saturated heterocycles. The Morgan fingerprint density at radius 1 is 1.06 bits per heavy atom. The standard InChI is InChI=1S/C40H57N3O11/c1-8-43-18-37(19-53-35(47)22-11-9-10-12-25(22)42-28(44)15-21(4)33(41)45)14-13-27(51-6)39-24-16-23-26(50-5)17-38(48,29(24)30(23)54-34(46)20(2)3)40(49,36(39)43)32(52-7)31(37)39/h9-12,20-21,23-24,26-27,29-32,36,48-49H,8,13-19H2,1-7H3,(H2,41,45)(H,42,44)/t21-,23-,24+,26-,27+,29+,30-,31+,32+,36-,37-,38+,39+,40+/m0/s1. The van der Waals surface area contributed by atoms with Gasteiger partial charge in [0.05, 0.1) is 48.1 Å². The molecular formula is C40H57N3O11. The number of primary amides is 1. The van der Waals surface area contributed by atoms with Gasteiger partial charge in [-0.05, 0) is 43.9 Å². The summed E-state index contributed by atoms with van der Waals surface area (Å²) in [6.45, 7) is 8.17. The number of aliphatic hydroxyl groups is 2. The molecule has 14 atom stereocenters. The summed E-state index contributed by atoms with van der Waals surface area (Å²) in [7, 11) is 4.87. The molecule has 1 heterocycles. The third-order valence-electron chi connectivity index (χ3n) is 14.6. The molecule has 7 rings (SSSR count). The Morgan fingerprint density at radius 2 is 1.78 bits per heavy atom. The molecule has 7 bridgehead atoms. The van der Waals surface area contributed by atoms with Crippen LogP contribution in [0.4, 0.5) is 5.69 Å².